The Hall–Kier alpha value is -1.75. The molecule has 1 saturated heterocycles. The number of hydrogen-bond acceptors (Lipinski definition) is 5. The highest BCUT2D eigenvalue weighted by atomic mass is 16.5. The molecule has 116 valence electrons. The number of carbonyl (C=O) groups excluding carboxylic acids is 1. The maximum Gasteiger partial charge on any atom is 0.338 e. The molecular weight excluding hydrogens is 266 g/mol. The highest BCUT2D eigenvalue weighted by Gasteiger charge is 2.17. The maximum atomic E-state index is 11.8. The first-order valence-corrected chi connectivity index (χ1v) is 7.59. The zero-order chi connectivity index (χ0) is 15.2. The van der Waals surface area contributed by atoms with Crippen molar-refractivity contribution in [3.8, 4) is 0 Å². The van der Waals surface area contributed by atoms with Gasteiger partial charge < -0.3 is 20.7 Å². The molecule has 0 amide bonds. The molecular formula is C16H25N3O2. The van der Waals surface area contributed by atoms with E-state index in [0.29, 0.717) is 23.8 Å². The van der Waals surface area contributed by atoms with Gasteiger partial charge in [-0.2, -0.15) is 0 Å². The zero-order valence-electron chi connectivity index (χ0n) is 12.9. The van der Waals surface area contributed by atoms with Crippen LogP contribution in [0.3, 0.4) is 0 Å². The summed E-state index contributed by atoms with van der Waals surface area (Å²) in [5, 5.41) is 3.38. The highest BCUT2D eigenvalue weighted by molar-refractivity contribution is 5.92. The number of carbonyl (C=O) groups is 1. The third-order valence-electron chi connectivity index (χ3n) is 3.98. The number of hydrogen-bond donors (Lipinski definition) is 2. The van der Waals surface area contributed by atoms with Gasteiger partial charge in [-0.25, -0.2) is 4.79 Å². The monoisotopic (exact) mass is 291 g/mol. The molecule has 0 bridgehead atoms. The Morgan fingerprint density at radius 2 is 2.14 bits per heavy atom. The third kappa shape index (κ3) is 4.36. The van der Waals surface area contributed by atoms with Crippen molar-refractivity contribution in [2.24, 2.45) is 5.92 Å². The number of nitrogens with two attached hydrogens (primary N) is 1. The Morgan fingerprint density at radius 1 is 1.43 bits per heavy atom. The molecule has 1 aromatic carbocycles. The molecule has 1 aliphatic heterocycles. The van der Waals surface area contributed by atoms with Gasteiger partial charge in [-0.1, -0.05) is 0 Å². The van der Waals surface area contributed by atoms with E-state index in [2.05, 4.69) is 17.3 Å². The number of anilines is 2. The number of nitrogens with zero attached hydrogens (tertiary/aromatic N) is 1. The molecule has 0 spiro atoms. The van der Waals surface area contributed by atoms with Crippen molar-refractivity contribution in [3.05, 3.63) is 23.8 Å². The molecule has 0 aliphatic carbocycles. The Balaban J connectivity index is 1.95. The van der Waals surface area contributed by atoms with Crippen LogP contribution in [-0.4, -0.2) is 44.2 Å². The molecule has 2 rings (SSSR count). The second-order valence-electron chi connectivity index (χ2n) is 5.65. The normalized spacial score (nSPS) is 16.7. The first-order valence-electron chi connectivity index (χ1n) is 7.59. The van der Waals surface area contributed by atoms with Gasteiger partial charge in [0, 0.05) is 6.54 Å². The zero-order valence-corrected chi connectivity index (χ0v) is 12.9. The molecule has 1 fully saturated rings. The largest absolute Gasteiger partial charge is 0.462 e. The fourth-order valence-corrected chi connectivity index (χ4v) is 2.57. The van der Waals surface area contributed by atoms with E-state index in [1.54, 1.807) is 25.1 Å². The number of benzene rings is 1. The van der Waals surface area contributed by atoms with Crippen molar-refractivity contribution >= 4 is 17.3 Å². The Labute approximate surface area is 126 Å². The SMILES string of the molecule is CCOC(=O)c1ccc(N)c(NCC2CCN(C)CC2)c1. The van der Waals surface area contributed by atoms with Crippen LogP contribution in [0.1, 0.15) is 30.1 Å². The lowest BCUT2D eigenvalue weighted by atomic mass is 9.97. The molecule has 3 N–H and O–H groups in total. The lowest BCUT2D eigenvalue weighted by Crippen LogP contribution is -2.33. The van der Waals surface area contributed by atoms with E-state index in [4.69, 9.17) is 10.5 Å². The van der Waals surface area contributed by atoms with E-state index in [0.717, 1.165) is 25.3 Å². The summed E-state index contributed by atoms with van der Waals surface area (Å²) < 4.78 is 5.02. The quantitative estimate of drug-likeness (QED) is 0.643. The van der Waals surface area contributed by atoms with Crippen molar-refractivity contribution in [2.45, 2.75) is 19.8 Å². The number of ether oxygens (including phenoxy) is 1. The van der Waals surface area contributed by atoms with Crippen molar-refractivity contribution in [2.75, 3.05) is 44.3 Å². The first kappa shape index (κ1) is 15.6. The molecule has 5 heteroatoms. The van der Waals surface area contributed by atoms with Crippen LogP contribution in [0.5, 0.6) is 0 Å². The Bertz CT molecular complexity index is 482. The van der Waals surface area contributed by atoms with Crippen molar-refractivity contribution in [1.29, 1.82) is 0 Å². The van der Waals surface area contributed by atoms with Crippen LogP contribution in [0, 0.1) is 5.92 Å². The summed E-state index contributed by atoms with van der Waals surface area (Å²) in [5.41, 5.74) is 8.00. The van der Waals surface area contributed by atoms with Crippen LogP contribution >= 0.6 is 0 Å². The Morgan fingerprint density at radius 3 is 2.81 bits per heavy atom. The second kappa shape index (κ2) is 7.31. The molecule has 0 atom stereocenters. The lowest BCUT2D eigenvalue weighted by Gasteiger charge is -2.29. The average Bonchev–Trinajstić information content (AvgIpc) is 2.48. The minimum absolute atomic E-state index is 0.306. The predicted molar refractivity (Wildman–Crippen MR) is 85.5 cm³/mol. The minimum atomic E-state index is -0.306. The summed E-state index contributed by atoms with van der Waals surface area (Å²) in [6, 6.07) is 5.24. The number of nitrogen functional groups attached to an aromatic ring is 1. The van der Waals surface area contributed by atoms with Gasteiger partial charge in [-0.05, 0) is 64.0 Å². The van der Waals surface area contributed by atoms with Gasteiger partial charge >= 0.3 is 5.97 Å². The van der Waals surface area contributed by atoms with Crippen molar-refractivity contribution in [3.63, 3.8) is 0 Å². The molecule has 1 heterocycles. The first-order chi connectivity index (χ1) is 10.1. The van der Waals surface area contributed by atoms with Gasteiger partial charge in [-0.15, -0.1) is 0 Å². The van der Waals surface area contributed by atoms with Gasteiger partial charge in [0.2, 0.25) is 0 Å². The summed E-state index contributed by atoms with van der Waals surface area (Å²) in [4.78, 5) is 14.1. The van der Waals surface area contributed by atoms with E-state index in [1.165, 1.54) is 12.8 Å². The number of esters is 1. The molecule has 1 aromatic rings. The van der Waals surface area contributed by atoms with Crippen LogP contribution in [-0.2, 0) is 4.74 Å². The molecule has 1 aliphatic rings. The van der Waals surface area contributed by atoms with E-state index in [-0.39, 0.29) is 5.97 Å². The van der Waals surface area contributed by atoms with Crippen LogP contribution < -0.4 is 11.1 Å². The molecule has 21 heavy (non-hydrogen) atoms. The van der Waals surface area contributed by atoms with E-state index in [1.807, 2.05) is 0 Å². The van der Waals surface area contributed by atoms with E-state index >= 15 is 0 Å². The van der Waals surface area contributed by atoms with Gasteiger partial charge in [0.1, 0.15) is 0 Å². The number of rotatable bonds is 5. The van der Waals surface area contributed by atoms with Crippen LogP contribution in [0.15, 0.2) is 18.2 Å². The van der Waals surface area contributed by atoms with Gasteiger partial charge in [0.05, 0.1) is 23.5 Å². The van der Waals surface area contributed by atoms with Gasteiger partial charge in [0.15, 0.2) is 0 Å². The summed E-state index contributed by atoms with van der Waals surface area (Å²) >= 11 is 0. The summed E-state index contributed by atoms with van der Waals surface area (Å²) in [7, 11) is 2.16. The fourth-order valence-electron chi connectivity index (χ4n) is 2.57. The summed E-state index contributed by atoms with van der Waals surface area (Å²) in [6.07, 6.45) is 2.39. The predicted octanol–water partition coefficient (Wildman–Crippen LogP) is 2.20. The number of piperidine rings is 1. The van der Waals surface area contributed by atoms with E-state index in [9.17, 15) is 4.79 Å². The molecule has 0 saturated carbocycles. The minimum Gasteiger partial charge on any atom is -0.462 e. The smallest absolute Gasteiger partial charge is 0.338 e. The summed E-state index contributed by atoms with van der Waals surface area (Å²) in [5.74, 6) is 0.353. The molecule has 0 unspecified atom stereocenters. The highest BCUT2D eigenvalue weighted by Crippen LogP contribution is 2.23. The summed E-state index contributed by atoms with van der Waals surface area (Å²) in [6.45, 7) is 5.36. The second-order valence-corrected chi connectivity index (χ2v) is 5.65. The molecule has 0 radical (unpaired) electrons. The molecule has 0 aromatic heterocycles. The van der Waals surface area contributed by atoms with Crippen molar-refractivity contribution in [1.82, 2.24) is 4.90 Å². The topological polar surface area (TPSA) is 67.6 Å². The van der Waals surface area contributed by atoms with E-state index < -0.39 is 0 Å². The molecule has 5 nitrogen and oxygen atoms in total. The van der Waals surface area contributed by atoms with Gasteiger partial charge in [0.25, 0.3) is 0 Å². The van der Waals surface area contributed by atoms with Gasteiger partial charge in [-0.3, -0.25) is 0 Å². The fraction of sp³-hybridized carbons (Fsp3) is 0.562. The van der Waals surface area contributed by atoms with Crippen LogP contribution in [0.4, 0.5) is 11.4 Å². The average molecular weight is 291 g/mol. The maximum absolute atomic E-state index is 11.8. The standard InChI is InChI=1S/C16H25N3O2/c1-3-21-16(20)13-4-5-14(17)15(10-13)18-11-12-6-8-19(2)9-7-12/h4-5,10,12,18H,3,6-9,11,17H2,1-2H3. The van der Waals surface area contributed by atoms with Crippen molar-refractivity contribution < 1.29 is 9.53 Å². The third-order valence-corrected chi connectivity index (χ3v) is 3.98. The lowest BCUT2D eigenvalue weighted by molar-refractivity contribution is 0.0526. The van der Waals surface area contributed by atoms with Crippen LogP contribution in [0.2, 0.25) is 0 Å². The number of likely N-dealkylation sites (tertiary alicyclic amines) is 1. The van der Waals surface area contributed by atoms with Crippen LogP contribution in [0.25, 0.3) is 0 Å². The number of nitrogens with one attached hydrogen (secondary N) is 1. The Kier molecular flexibility index (Phi) is 5.44.